The topological polar surface area (TPSA) is 26.0 Å². The zero-order chi connectivity index (χ0) is 17.7. The highest BCUT2D eigenvalue weighted by Crippen LogP contribution is 2.34. The van der Waals surface area contributed by atoms with E-state index in [2.05, 4.69) is 61.5 Å². The van der Waals surface area contributed by atoms with Crippen LogP contribution in [0.25, 0.3) is 11.1 Å². The Morgan fingerprint density at radius 1 is 0.800 bits per heavy atom. The highest BCUT2D eigenvalue weighted by Gasteiger charge is 2.15. The van der Waals surface area contributed by atoms with E-state index >= 15 is 0 Å². The maximum Gasteiger partial charge on any atom is -0.00773 e. The summed E-state index contributed by atoms with van der Waals surface area (Å²) in [7, 11) is 0. The van der Waals surface area contributed by atoms with Gasteiger partial charge in [-0.3, -0.25) is 0 Å². The molecule has 25 heavy (non-hydrogen) atoms. The summed E-state index contributed by atoms with van der Waals surface area (Å²) in [6.45, 7) is 3.07. The van der Waals surface area contributed by atoms with Gasteiger partial charge in [0, 0.05) is 0 Å². The van der Waals surface area contributed by atoms with Crippen molar-refractivity contribution >= 4 is 0 Å². The summed E-state index contributed by atoms with van der Waals surface area (Å²) in [5.74, 6) is 0.794. The summed E-state index contributed by atoms with van der Waals surface area (Å²) < 4.78 is 0. The van der Waals surface area contributed by atoms with Gasteiger partial charge in [0.1, 0.15) is 0 Å². The third kappa shape index (κ3) is 7.04. The molecule has 1 heteroatoms. The molecule has 1 fully saturated rings. The molecule has 3 rings (SSSR count). The lowest BCUT2D eigenvalue weighted by atomic mass is 9.83. The zero-order valence-electron chi connectivity index (χ0n) is 15.9. The number of rotatable bonds is 6. The predicted molar refractivity (Wildman–Crippen MR) is 111 cm³/mol. The average molecular weight is 338 g/mol. The smallest absolute Gasteiger partial charge is 0.00773 e. The van der Waals surface area contributed by atoms with Crippen LogP contribution in [0.4, 0.5) is 0 Å². The first kappa shape index (κ1) is 19.7. The number of hydrogen-bond donors (Lipinski definition) is 1. The molecule has 136 valence electrons. The lowest BCUT2D eigenvalue weighted by Crippen LogP contribution is -2.04. The van der Waals surface area contributed by atoms with Crippen LogP contribution in [0.5, 0.6) is 0 Å². The molecular weight excluding hydrogens is 302 g/mol. The molecule has 0 aliphatic heterocycles. The summed E-state index contributed by atoms with van der Waals surface area (Å²) in [5.41, 5.74) is 9.50. The summed E-state index contributed by atoms with van der Waals surface area (Å²) in [6.07, 6.45) is 12.1. The van der Waals surface area contributed by atoms with Crippen molar-refractivity contribution in [3.05, 3.63) is 60.2 Å². The molecule has 1 nitrogen and oxygen atoms in total. The molecule has 0 heterocycles. The van der Waals surface area contributed by atoms with Crippen molar-refractivity contribution in [2.45, 2.75) is 70.6 Å². The van der Waals surface area contributed by atoms with Crippen LogP contribution in [0.3, 0.4) is 0 Å². The molecule has 2 N–H and O–H groups in total. The van der Waals surface area contributed by atoms with Crippen LogP contribution in [0, 0.1) is 0 Å². The van der Waals surface area contributed by atoms with Gasteiger partial charge in [0.05, 0.1) is 0 Å². The van der Waals surface area contributed by atoms with Crippen molar-refractivity contribution < 1.29 is 0 Å². The van der Waals surface area contributed by atoms with E-state index in [0.29, 0.717) is 0 Å². The van der Waals surface area contributed by atoms with E-state index in [1.54, 1.807) is 0 Å². The van der Waals surface area contributed by atoms with Crippen molar-refractivity contribution in [3.8, 4) is 11.1 Å². The minimum absolute atomic E-state index is 0.794. The zero-order valence-corrected chi connectivity index (χ0v) is 15.9. The molecule has 2 aromatic rings. The first-order valence-corrected chi connectivity index (χ1v) is 10.2. The highest BCUT2D eigenvalue weighted by molar-refractivity contribution is 5.64. The Kier molecular flexibility index (Phi) is 9.36. The van der Waals surface area contributed by atoms with Gasteiger partial charge in [-0.25, -0.2) is 0 Å². The summed E-state index contributed by atoms with van der Waals surface area (Å²) in [4.78, 5) is 0. The van der Waals surface area contributed by atoms with E-state index in [9.17, 15) is 0 Å². The van der Waals surface area contributed by atoms with Gasteiger partial charge < -0.3 is 5.73 Å². The second-order valence-electron chi connectivity index (χ2n) is 7.18. The molecule has 0 bridgehead atoms. The normalized spacial score (nSPS) is 14.6. The maximum absolute atomic E-state index is 5.27. The third-order valence-corrected chi connectivity index (χ3v) is 5.13. The van der Waals surface area contributed by atoms with Gasteiger partial charge in [0.2, 0.25) is 0 Å². The Bertz CT molecular complexity index is 566. The van der Waals surface area contributed by atoms with Crippen molar-refractivity contribution in [1.82, 2.24) is 0 Å². The van der Waals surface area contributed by atoms with Gasteiger partial charge in [0.25, 0.3) is 0 Å². The molecule has 2 aromatic carbocycles. The highest BCUT2D eigenvalue weighted by atomic mass is 14.5. The summed E-state index contributed by atoms with van der Waals surface area (Å²) >= 11 is 0. The number of benzene rings is 2. The van der Waals surface area contributed by atoms with Gasteiger partial charge in [-0.1, -0.05) is 100 Å². The minimum Gasteiger partial charge on any atom is -0.330 e. The maximum atomic E-state index is 5.27. The van der Waals surface area contributed by atoms with E-state index in [0.717, 1.165) is 12.5 Å². The standard InChI is InChI=1S/C18H20.C6H15N/c1-3-8-15(9-4-1)17-12-7-13-18(14-17)16-10-5-2-6-11-16;1-2-3-4-5-6-7/h1,3-4,7-9,12-14,16H,2,5-6,10-11H2;2-7H2,1H3. The lowest BCUT2D eigenvalue weighted by molar-refractivity contribution is 0.444. The Hall–Kier alpha value is -1.60. The van der Waals surface area contributed by atoms with E-state index in [1.807, 2.05) is 0 Å². The molecule has 1 saturated carbocycles. The molecule has 0 aromatic heterocycles. The van der Waals surface area contributed by atoms with Gasteiger partial charge in [0.15, 0.2) is 0 Å². The molecular formula is C24H35N. The van der Waals surface area contributed by atoms with Crippen LogP contribution in [0.2, 0.25) is 0 Å². The molecule has 0 saturated heterocycles. The predicted octanol–water partition coefficient (Wildman–Crippen LogP) is 6.93. The van der Waals surface area contributed by atoms with Crippen molar-refractivity contribution in [3.63, 3.8) is 0 Å². The third-order valence-electron chi connectivity index (χ3n) is 5.13. The first-order chi connectivity index (χ1) is 12.3. The van der Waals surface area contributed by atoms with Crippen LogP contribution < -0.4 is 5.73 Å². The average Bonchev–Trinajstić information content (AvgIpc) is 2.70. The summed E-state index contributed by atoms with van der Waals surface area (Å²) in [5, 5.41) is 0. The number of nitrogens with two attached hydrogens (primary N) is 1. The summed E-state index contributed by atoms with van der Waals surface area (Å²) in [6, 6.07) is 19.8. The van der Waals surface area contributed by atoms with Crippen LogP contribution >= 0.6 is 0 Å². The second-order valence-corrected chi connectivity index (χ2v) is 7.18. The quantitative estimate of drug-likeness (QED) is 0.568. The second kappa shape index (κ2) is 11.9. The van der Waals surface area contributed by atoms with Crippen molar-refractivity contribution in [2.24, 2.45) is 5.73 Å². The minimum atomic E-state index is 0.794. The van der Waals surface area contributed by atoms with E-state index in [4.69, 9.17) is 5.73 Å². The van der Waals surface area contributed by atoms with Crippen molar-refractivity contribution in [2.75, 3.05) is 6.54 Å². The van der Waals surface area contributed by atoms with Gasteiger partial charge in [-0.05, 0) is 48.4 Å². The SMILES string of the molecule is CCCCCCN.c1ccc(-c2cccc(C3CCCCC3)c2)cc1. The van der Waals surface area contributed by atoms with Gasteiger partial charge >= 0.3 is 0 Å². The first-order valence-electron chi connectivity index (χ1n) is 10.2. The Morgan fingerprint density at radius 2 is 1.52 bits per heavy atom. The van der Waals surface area contributed by atoms with Gasteiger partial charge in [-0.15, -0.1) is 0 Å². The van der Waals surface area contributed by atoms with E-state index in [-0.39, 0.29) is 0 Å². The molecule has 0 radical (unpaired) electrons. The lowest BCUT2D eigenvalue weighted by Gasteiger charge is -2.22. The van der Waals surface area contributed by atoms with Crippen LogP contribution in [0.15, 0.2) is 54.6 Å². The molecule has 0 unspecified atom stereocenters. The molecule has 0 spiro atoms. The Morgan fingerprint density at radius 3 is 2.20 bits per heavy atom. The monoisotopic (exact) mass is 337 g/mol. The molecule has 1 aliphatic carbocycles. The molecule has 0 atom stereocenters. The molecule has 1 aliphatic rings. The largest absolute Gasteiger partial charge is 0.330 e. The van der Waals surface area contributed by atoms with E-state index < -0.39 is 0 Å². The fourth-order valence-corrected chi connectivity index (χ4v) is 3.61. The number of unbranched alkanes of at least 4 members (excludes halogenated alkanes) is 3. The van der Waals surface area contributed by atoms with Crippen LogP contribution in [-0.4, -0.2) is 6.54 Å². The Labute approximate surface area is 154 Å². The number of hydrogen-bond acceptors (Lipinski definition) is 1. The molecule has 0 amide bonds. The van der Waals surface area contributed by atoms with Crippen LogP contribution in [0.1, 0.15) is 76.2 Å². The van der Waals surface area contributed by atoms with Crippen molar-refractivity contribution in [1.29, 1.82) is 0 Å². The van der Waals surface area contributed by atoms with Gasteiger partial charge in [-0.2, -0.15) is 0 Å². The van der Waals surface area contributed by atoms with Crippen LogP contribution in [-0.2, 0) is 0 Å². The fraction of sp³-hybridized carbons (Fsp3) is 0.500. The van der Waals surface area contributed by atoms with E-state index in [1.165, 1.54) is 74.5 Å². The Balaban J connectivity index is 0.000000277. The fourth-order valence-electron chi connectivity index (χ4n) is 3.61.